The van der Waals surface area contributed by atoms with Gasteiger partial charge in [-0.3, -0.25) is 0 Å². The fraction of sp³-hybridized carbons (Fsp3) is 0.429. The highest BCUT2D eigenvalue weighted by atomic mass is 32.1. The molecule has 3 rings (SSSR count). The molecule has 1 aromatic carbocycles. The highest BCUT2D eigenvalue weighted by Gasteiger charge is 2.09. The van der Waals surface area contributed by atoms with Gasteiger partial charge < -0.3 is 5.32 Å². The molecule has 0 bridgehead atoms. The summed E-state index contributed by atoms with van der Waals surface area (Å²) < 4.78 is 1.47. The maximum atomic E-state index is 3.52. The van der Waals surface area contributed by atoms with Crippen molar-refractivity contribution in [2.24, 2.45) is 0 Å². The molecule has 0 aliphatic carbocycles. The number of benzene rings is 1. The van der Waals surface area contributed by atoms with Gasteiger partial charge in [0, 0.05) is 4.70 Å². The van der Waals surface area contributed by atoms with Gasteiger partial charge in [0.1, 0.15) is 0 Å². The van der Waals surface area contributed by atoms with Gasteiger partial charge >= 0.3 is 0 Å². The molecule has 0 fully saturated rings. The van der Waals surface area contributed by atoms with E-state index in [0.717, 1.165) is 6.54 Å². The van der Waals surface area contributed by atoms with Crippen molar-refractivity contribution >= 4 is 21.4 Å². The molecule has 2 aromatic rings. The van der Waals surface area contributed by atoms with Crippen molar-refractivity contribution in [2.75, 3.05) is 13.1 Å². The van der Waals surface area contributed by atoms with Crippen molar-refractivity contribution in [3.05, 3.63) is 34.7 Å². The molecule has 0 saturated heterocycles. The average molecular weight is 231 g/mol. The van der Waals surface area contributed by atoms with Crippen LogP contribution in [0.5, 0.6) is 0 Å². The van der Waals surface area contributed by atoms with Gasteiger partial charge in [-0.15, -0.1) is 11.3 Å². The van der Waals surface area contributed by atoms with Crippen molar-refractivity contribution in [1.82, 2.24) is 5.32 Å². The Bertz CT molecular complexity index is 486. The van der Waals surface area contributed by atoms with E-state index in [1.807, 2.05) is 11.3 Å². The summed E-state index contributed by atoms with van der Waals surface area (Å²) in [5.41, 5.74) is 3.11. The second-order valence-corrected chi connectivity index (χ2v) is 5.42. The summed E-state index contributed by atoms with van der Waals surface area (Å²) in [5, 5.41) is 7.42. The van der Waals surface area contributed by atoms with Crippen LogP contribution < -0.4 is 5.32 Å². The molecule has 16 heavy (non-hydrogen) atoms. The molecule has 1 aromatic heterocycles. The van der Waals surface area contributed by atoms with E-state index in [0.29, 0.717) is 0 Å². The molecule has 1 N–H and O–H groups in total. The fourth-order valence-corrected chi connectivity index (χ4v) is 3.58. The number of aryl methyl sites for hydroxylation is 1. The van der Waals surface area contributed by atoms with Gasteiger partial charge in [-0.2, -0.15) is 0 Å². The topological polar surface area (TPSA) is 12.0 Å². The smallest absolute Gasteiger partial charge is 0.0348 e. The van der Waals surface area contributed by atoms with Crippen LogP contribution in [-0.4, -0.2) is 13.1 Å². The lowest BCUT2D eigenvalue weighted by molar-refractivity contribution is 0.620. The summed E-state index contributed by atoms with van der Waals surface area (Å²) in [4.78, 5) is 0. The Balaban J connectivity index is 2.10. The molecule has 0 atom stereocenters. The number of nitrogens with one attached hydrogen (secondary N) is 1. The van der Waals surface area contributed by atoms with E-state index in [9.17, 15) is 0 Å². The van der Waals surface area contributed by atoms with Gasteiger partial charge in [-0.1, -0.05) is 12.1 Å². The fourth-order valence-electron chi connectivity index (χ4n) is 2.54. The summed E-state index contributed by atoms with van der Waals surface area (Å²) in [7, 11) is 0. The standard InChI is InChI=1S/C14H17NS/c1-2-8-15-9-7-12-10-16-13-6-3-5-11(4-1)14(12)13/h3,5-6,10,15H,1-2,4,7-9H2. The first-order valence-corrected chi connectivity index (χ1v) is 7.02. The lowest BCUT2D eigenvalue weighted by atomic mass is 9.99. The highest BCUT2D eigenvalue weighted by Crippen LogP contribution is 2.30. The maximum Gasteiger partial charge on any atom is 0.0348 e. The summed E-state index contributed by atoms with van der Waals surface area (Å²) in [6.45, 7) is 2.30. The van der Waals surface area contributed by atoms with Gasteiger partial charge in [-0.25, -0.2) is 0 Å². The molecule has 0 amide bonds. The molecule has 1 nitrogen and oxygen atoms in total. The lowest BCUT2D eigenvalue weighted by Crippen LogP contribution is -2.19. The van der Waals surface area contributed by atoms with Gasteiger partial charge in [0.05, 0.1) is 0 Å². The molecule has 1 aliphatic heterocycles. The minimum atomic E-state index is 1.13. The van der Waals surface area contributed by atoms with Crippen LogP contribution in [0.4, 0.5) is 0 Å². The first-order valence-electron chi connectivity index (χ1n) is 6.14. The molecule has 1 aliphatic rings. The molecule has 84 valence electrons. The van der Waals surface area contributed by atoms with Gasteiger partial charge in [-0.05, 0) is 66.7 Å². The van der Waals surface area contributed by atoms with E-state index >= 15 is 0 Å². The zero-order chi connectivity index (χ0) is 10.8. The monoisotopic (exact) mass is 231 g/mol. The van der Waals surface area contributed by atoms with Crippen LogP contribution in [0.3, 0.4) is 0 Å². The summed E-state index contributed by atoms with van der Waals surface area (Å²) in [6.07, 6.45) is 5.02. The third kappa shape index (κ3) is 1.87. The van der Waals surface area contributed by atoms with Crippen molar-refractivity contribution in [3.63, 3.8) is 0 Å². The van der Waals surface area contributed by atoms with Crippen LogP contribution in [0.2, 0.25) is 0 Å². The van der Waals surface area contributed by atoms with Crippen LogP contribution in [0.1, 0.15) is 24.0 Å². The van der Waals surface area contributed by atoms with E-state index in [-0.39, 0.29) is 0 Å². The van der Waals surface area contributed by atoms with Crippen molar-refractivity contribution in [3.8, 4) is 0 Å². The molecule has 0 spiro atoms. The Kier molecular flexibility index (Phi) is 2.94. The Morgan fingerprint density at radius 3 is 3.00 bits per heavy atom. The lowest BCUT2D eigenvalue weighted by Gasteiger charge is -2.10. The van der Waals surface area contributed by atoms with Crippen molar-refractivity contribution < 1.29 is 0 Å². The van der Waals surface area contributed by atoms with E-state index < -0.39 is 0 Å². The van der Waals surface area contributed by atoms with Crippen molar-refractivity contribution in [1.29, 1.82) is 0 Å². The number of hydrogen-bond acceptors (Lipinski definition) is 2. The molecular formula is C14H17NS. The molecule has 0 radical (unpaired) electrons. The minimum Gasteiger partial charge on any atom is -0.316 e. The Morgan fingerprint density at radius 2 is 2.00 bits per heavy atom. The third-order valence-corrected chi connectivity index (χ3v) is 4.38. The van der Waals surface area contributed by atoms with Crippen LogP contribution in [0.15, 0.2) is 23.6 Å². The van der Waals surface area contributed by atoms with E-state index in [2.05, 4.69) is 28.9 Å². The van der Waals surface area contributed by atoms with Crippen LogP contribution in [0, 0.1) is 0 Å². The number of thiophene rings is 1. The second kappa shape index (κ2) is 4.56. The largest absolute Gasteiger partial charge is 0.316 e. The Hall–Kier alpha value is -0.860. The first-order chi connectivity index (χ1) is 7.95. The third-order valence-electron chi connectivity index (χ3n) is 3.38. The van der Waals surface area contributed by atoms with Crippen molar-refractivity contribution in [2.45, 2.75) is 25.7 Å². The normalized spacial score (nSPS) is 17.5. The molecule has 2 heterocycles. The van der Waals surface area contributed by atoms with E-state index in [4.69, 9.17) is 0 Å². The predicted molar refractivity (Wildman–Crippen MR) is 71.3 cm³/mol. The van der Waals surface area contributed by atoms with Gasteiger partial charge in [0.25, 0.3) is 0 Å². The molecular weight excluding hydrogens is 214 g/mol. The second-order valence-electron chi connectivity index (χ2n) is 4.51. The quantitative estimate of drug-likeness (QED) is 0.733. The van der Waals surface area contributed by atoms with Crippen LogP contribution in [0.25, 0.3) is 10.1 Å². The summed E-state index contributed by atoms with van der Waals surface area (Å²) in [5.74, 6) is 0. The SMILES string of the molecule is c1cc2c3c(csc3c1)CCNCCCC2. The van der Waals surface area contributed by atoms with Crippen LogP contribution >= 0.6 is 11.3 Å². The minimum absolute atomic E-state index is 1.13. The molecule has 0 unspecified atom stereocenters. The Morgan fingerprint density at radius 1 is 1.00 bits per heavy atom. The summed E-state index contributed by atoms with van der Waals surface area (Å²) in [6, 6.07) is 6.78. The molecule has 2 heteroatoms. The van der Waals surface area contributed by atoms with Gasteiger partial charge in [0.15, 0.2) is 0 Å². The van der Waals surface area contributed by atoms with Crippen LogP contribution in [-0.2, 0) is 12.8 Å². The predicted octanol–water partition coefficient (Wildman–Crippen LogP) is 3.37. The Labute approximate surface area is 100 Å². The number of rotatable bonds is 0. The average Bonchev–Trinajstić information content (AvgIpc) is 2.73. The highest BCUT2D eigenvalue weighted by molar-refractivity contribution is 7.17. The number of hydrogen-bond donors (Lipinski definition) is 1. The zero-order valence-electron chi connectivity index (χ0n) is 9.46. The first kappa shape index (κ1) is 10.3. The van der Waals surface area contributed by atoms with E-state index in [1.54, 1.807) is 16.5 Å². The summed E-state index contributed by atoms with van der Waals surface area (Å²) >= 11 is 1.90. The van der Waals surface area contributed by atoms with Gasteiger partial charge in [0.2, 0.25) is 0 Å². The molecule has 0 saturated carbocycles. The zero-order valence-corrected chi connectivity index (χ0v) is 10.3. The van der Waals surface area contributed by atoms with E-state index in [1.165, 1.54) is 36.9 Å². The maximum absolute atomic E-state index is 3.52.